The van der Waals surface area contributed by atoms with Crippen molar-refractivity contribution in [1.82, 2.24) is 0 Å². The first kappa shape index (κ1) is 18.1. The van der Waals surface area contributed by atoms with Crippen LogP contribution in [0.5, 0.6) is 0 Å². The van der Waals surface area contributed by atoms with E-state index in [1.807, 2.05) is 0 Å². The van der Waals surface area contributed by atoms with Crippen LogP contribution in [0.4, 0.5) is 0 Å². The molecular formula is C17H30O4. The van der Waals surface area contributed by atoms with Gasteiger partial charge in [0.1, 0.15) is 23.7 Å². The zero-order chi connectivity index (χ0) is 15.7. The van der Waals surface area contributed by atoms with Crippen LogP contribution >= 0.6 is 0 Å². The van der Waals surface area contributed by atoms with E-state index in [4.69, 9.17) is 0 Å². The molecule has 0 saturated carbocycles. The maximum atomic E-state index is 9.80. The Kier molecular flexibility index (Phi) is 8.47. The van der Waals surface area contributed by atoms with Crippen molar-refractivity contribution >= 4 is 0 Å². The van der Waals surface area contributed by atoms with E-state index < -0.39 is 12.2 Å². The minimum absolute atomic E-state index is 0.208. The summed E-state index contributed by atoms with van der Waals surface area (Å²) in [5.41, 5.74) is 0.352. The topological polar surface area (TPSA) is 80.9 Å². The third-order valence-electron chi connectivity index (χ3n) is 4.10. The van der Waals surface area contributed by atoms with Crippen LogP contribution < -0.4 is 0 Å². The largest absolute Gasteiger partial charge is 0.509 e. The summed E-state index contributed by atoms with van der Waals surface area (Å²) in [6.07, 6.45) is 10.0. The lowest BCUT2D eigenvalue weighted by molar-refractivity contribution is 0.127. The summed E-state index contributed by atoms with van der Waals surface area (Å²) in [5, 5.41) is 38.6. The van der Waals surface area contributed by atoms with Gasteiger partial charge in [-0.1, -0.05) is 58.3 Å². The number of unbranched alkanes of at least 4 members (excludes halogenated alkanes) is 8. The summed E-state index contributed by atoms with van der Waals surface area (Å²) < 4.78 is 0. The summed E-state index contributed by atoms with van der Waals surface area (Å²) in [7, 11) is 0. The number of aliphatic hydroxyl groups is 4. The van der Waals surface area contributed by atoms with Crippen molar-refractivity contribution in [2.45, 2.75) is 83.3 Å². The second-order valence-electron chi connectivity index (χ2n) is 5.93. The Morgan fingerprint density at radius 1 is 0.857 bits per heavy atom. The van der Waals surface area contributed by atoms with Crippen LogP contribution in [-0.2, 0) is 0 Å². The number of hydrogen-bond acceptors (Lipinski definition) is 4. The van der Waals surface area contributed by atoms with Crippen LogP contribution in [0, 0.1) is 0 Å². The Hall–Kier alpha value is -1.00. The van der Waals surface area contributed by atoms with Crippen LogP contribution in [0.2, 0.25) is 0 Å². The fraction of sp³-hybridized carbons (Fsp3) is 0.765. The highest BCUT2D eigenvalue weighted by Crippen LogP contribution is 2.27. The average molecular weight is 298 g/mol. The molecule has 0 aromatic heterocycles. The van der Waals surface area contributed by atoms with E-state index in [0.29, 0.717) is 12.0 Å². The molecule has 0 amide bonds. The lowest BCUT2D eigenvalue weighted by Gasteiger charge is -2.23. The fourth-order valence-electron chi connectivity index (χ4n) is 2.73. The first-order valence-electron chi connectivity index (χ1n) is 8.26. The van der Waals surface area contributed by atoms with E-state index in [1.54, 1.807) is 0 Å². The quantitative estimate of drug-likeness (QED) is 0.461. The molecule has 0 aromatic carbocycles. The van der Waals surface area contributed by atoms with Gasteiger partial charge in [0.15, 0.2) is 0 Å². The van der Waals surface area contributed by atoms with Crippen LogP contribution in [0.25, 0.3) is 0 Å². The van der Waals surface area contributed by atoms with E-state index in [-0.39, 0.29) is 11.5 Å². The zero-order valence-electron chi connectivity index (χ0n) is 13.1. The Morgan fingerprint density at radius 3 is 1.95 bits per heavy atom. The van der Waals surface area contributed by atoms with Crippen LogP contribution in [-0.4, -0.2) is 32.6 Å². The summed E-state index contributed by atoms with van der Waals surface area (Å²) in [6.45, 7) is 2.22. The van der Waals surface area contributed by atoms with Crippen molar-refractivity contribution in [3.8, 4) is 0 Å². The van der Waals surface area contributed by atoms with E-state index in [9.17, 15) is 20.4 Å². The van der Waals surface area contributed by atoms with E-state index in [2.05, 4.69) is 6.92 Å². The van der Waals surface area contributed by atoms with Crippen molar-refractivity contribution in [1.29, 1.82) is 0 Å². The summed E-state index contributed by atoms with van der Waals surface area (Å²) >= 11 is 0. The molecule has 1 aliphatic carbocycles. The third-order valence-corrected chi connectivity index (χ3v) is 4.10. The first-order valence-corrected chi connectivity index (χ1v) is 8.26. The number of hydrogen-bond donors (Lipinski definition) is 4. The highest BCUT2D eigenvalue weighted by molar-refractivity contribution is 5.31. The van der Waals surface area contributed by atoms with Crippen LogP contribution in [0.1, 0.15) is 71.1 Å². The van der Waals surface area contributed by atoms with Gasteiger partial charge < -0.3 is 20.4 Å². The van der Waals surface area contributed by atoms with Gasteiger partial charge in [-0.3, -0.25) is 0 Å². The lowest BCUT2D eigenvalue weighted by Crippen LogP contribution is -2.26. The molecule has 0 saturated heterocycles. The summed E-state index contributed by atoms with van der Waals surface area (Å²) in [5.74, 6) is -0.480. The van der Waals surface area contributed by atoms with Gasteiger partial charge in [-0.15, -0.1) is 0 Å². The molecule has 122 valence electrons. The second-order valence-corrected chi connectivity index (χ2v) is 5.93. The standard InChI is InChI=1S/C17H30O4/c1-2-3-4-5-6-7-8-9-10-11-13-16(20)14(18)12-15(19)17(13)21/h12,14,17-21H,2-11H2,1H3/t14-,17-/m0/s1. The molecule has 0 fully saturated rings. The smallest absolute Gasteiger partial charge is 0.135 e. The van der Waals surface area contributed by atoms with Crippen molar-refractivity contribution in [2.24, 2.45) is 0 Å². The number of aliphatic hydroxyl groups excluding tert-OH is 4. The monoisotopic (exact) mass is 298 g/mol. The van der Waals surface area contributed by atoms with Gasteiger partial charge in [-0.25, -0.2) is 0 Å². The molecule has 1 aliphatic rings. The molecule has 0 heterocycles. The lowest BCUT2D eigenvalue weighted by atomic mass is 9.93. The second kappa shape index (κ2) is 9.85. The maximum Gasteiger partial charge on any atom is 0.135 e. The van der Waals surface area contributed by atoms with Gasteiger partial charge in [0.25, 0.3) is 0 Å². The van der Waals surface area contributed by atoms with Gasteiger partial charge in [0.05, 0.1) is 0 Å². The molecule has 0 radical (unpaired) electrons. The fourth-order valence-corrected chi connectivity index (χ4v) is 2.73. The zero-order valence-corrected chi connectivity index (χ0v) is 13.1. The first-order chi connectivity index (χ1) is 10.1. The minimum Gasteiger partial charge on any atom is -0.509 e. The molecule has 0 aliphatic heterocycles. The molecule has 0 unspecified atom stereocenters. The van der Waals surface area contributed by atoms with Gasteiger partial charge >= 0.3 is 0 Å². The molecule has 4 nitrogen and oxygen atoms in total. The van der Waals surface area contributed by atoms with E-state index in [1.165, 1.54) is 38.5 Å². The molecular weight excluding hydrogens is 268 g/mol. The summed E-state index contributed by atoms with van der Waals surface area (Å²) in [6, 6.07) is 0. The molecule has 2 atom stereocenters. The Balaban J connectivity index is 2.16. The normalized spacial score (nSPS) is 22.5. The van der Waals surface area contributed by atoms with Gasteiger partial charge in [0, 0.05) is 5.57 Å². The number of rotatable bonds is 10. The molecule has 0 spiro atoms. The van der Waals surface area contributed by atoms with Gasteiger partial charge in [-0.05, 0) is 18.9 Å². The van der Waals surface area contributed by atoms with Crippen molar-refractivity contribution in [3.05, 3.63) is 23.2 Å². The SMILES string of the molecule is CCCCCCCCCCCC1=C(O)[C@@H](O)C=C(O)[C@H]1O. The molecule has 0 aromatic rings. The van der Waals surface area contributed by atoms with Crippen molar-refractivity contribution in [2.75, 3.05) is 0 Å². The summed E-state index contributed by atoms with van der Waals surface area (Å²) in [4.78, 5) is 0. The van der Waals surface area contributed by atoms with Gasteiger partial charge in [-0.2, -0.15) is 0 Å². The molecule has 4 heteroatoms. The average Bonchev–Trinajstić information content (AvgIpc) is 2.46. The van der Waals surface area contributed by atoms with Crippen LogP contribution in [0.3, 0.4) is 0 Å². The maximum absolute atomic E-state index is 9.80. The van der Waals surface area contributed by atoms with Crippen molar-refractivity contribution in [3.63, 3.8) is 0 Å². The highest BCUT2D eigenvalue weighted by atomic mass is 16.3. The highest BCUT2D eigenvalue weighted by Gasteiger charge is 2.28. The predicted octanol–water partition coefficient (Wildman–Crippen LogP) is 3.90. The Labute approximate surface area is 127 Å². The Morgan fingerprint density at radius 2 is 1.38 bits per heavy atom. The molecule has 21 heavy (non-hydrogen) atoms. The van der Waals surface area contributed by atoms with E-state index in [0.717, 1.165) is 25.3 Å². The molecule has 0 bridgehead atoms. The Bertz CT molecular complexity index is 360. The predicted molar refractivity (Wildman–Crippen MR) is 84.2 cm³/mol. The van der Waals surface area contributed by atoms with Crippen LogP contribution in [0.15, 0.2) is 23.2 Å². The van der Waals surface area contributed by atoms with E-state index >= 15 is 0 Å². The van der Waals surface area contributed by atoms with Crippen molar-refractivity contribution < 1.29 is 20.4 Å². The molecule has 4 N–H and O–H groups in total. The minimum atomic E-state index is -1.19. The van der Waals surface area contributed by atoms with Gasteiger partial charge in [0.2, 0.25) is 0 Å². The molecule has 1 rings (SSSR count). The third kappa shape index (κ3) is 6.10.